The van der Waals surface area contributed by atoms with Crippen molar-refractivity contribution in [2.75, 3.05) is 6.61 Å². The SMILES string of the molecule is [CH2-][C@@H](C)CO[Si](c1ccccc1)(c1ccccc1)C(C)(C)C.[Zn+][Br]. The molecule has 2 aromatic rings. The summed E-state index contributed by atoms with van der Waals surface area (Å²) >= 11 is 4.25. The number of halogens is 1. The Hall–Kier alpha value is -0.280. The second-order valence-electron chi connectivity index (χ2n) is 7.08. The van der Waals surface area contributed by atoms with E-state index in [4.69, 9.17) is 4.43 Å². The van der Waals surface area contributed by atoms with Gasteiger partial charge in [-0.3, -0.25) is 0 Å². The van der Waals surface area contributed by atoms with Gasteiger partial charge in [-0.2, -0.15) is 0 Å². The summed E-state index contributed by atoms with van der Waals surface area (Å²) in [5.41, 5.74) is 0. The number of benzene rings is 2. The molecule has 0 saturated carbocycles. The molecule has 0 amide bonds. The van der Waals surface area contributed by atoms with E-state index in [0.717, 1.165) is 0 Å². The van der Waals surface area contributed by atoms with Crippen molar-refractivity contribution in [3.63, 3.8) is 0 Å². The Morgan fingerprint density at radius 3 is 1.62 bits per heavy atom. The van der Waals surface area contributed by atoms with Crippen LogP contribution in [0.2, 0.25) is 5.04 Å². The summed E-state index contributed by atoms with van der Waals surface area (Å²) in [5.74, 6) is 0.279. The molecule has 0 N–H and O–H groups in total. The van der Waals surface area contributed by atoms with Gasteiger partial charge in [0, 0.05) is 6.61 Å². The topological polar surface area (TPSA) is 9.23 Å². The third-order valence-electron chi connectivity index (χ3n) is 4.00. The summed E-state index contributed by atoms with van der Waals surface area (Å²) in [6.45, 7) is 13.8. The molecule has 0 heterocycles. The van der Waals surface area contributed by atoms with E-state index in [1.165, 1.54) is 26.7 Å². The first-order valence-electron chi connectivity index (χ1n) is 8.23. The van der Waals surface area contributed by atoms with Crippen molar-refractivity contribution in [1.82, 2.24) is 0 Å². The minimum atomic E-state index is -2.35. The van der Waals surface area contributed by atoms with Gasteiger partial charge in [0.15, 0.2) is 0 Å². The Labute approximate surface area is 165 Å². The van der Waals surface area contributed by atoms with Gasteiger partial charge in [0.05, 0.1) is 0 Å². The van der Waals surface area contributed by atoms with E-state index in [9.17, 15) is 0 Å². The second-order valence-corrected chi connectivity index (χ2v) is 11.4. The fourth-order valence-electron chi connectivity index (χ4n) is 3.03. The van der Waals surface area contributed by atoms with Crippen LogP contribution in [-0.2, 0) is 20.8 Å². The molecular formula is C20H27BrOSiZn. The normalized spacial score (nSPS) is 13.0. The maximum atomic E-state index is 6.70. The zero-order valence-electron chi connectivity index (χ0n) is 15.3. The third kappa shape index (κ3) is 5.11. The molecule has 0 fully saturated rings. The summed E-state index contributed by atoms with van der Waals surface area (Å²) in [6, 6.07) is 21.5. The van der Waals surface area contributed by atoms with Crippen molar-refractivity contribution < 1.29 is 20.8 Å². The molecule has 4 heteroatoms. The zero-order valence-corrected chi connectivity index (χ0v) is 20.8. The van der Waals surface area contributed by atoms with Crippen LogP contribution in [-0.4, -0.2) is 14.9 Å². The number of hydrogen-bond donors (Lipinski definition) is 0. The first-order valence-corrected chi connectivity index (χ1v) is 17.1. The van der Waals surface area contributed by atoms with E-state index in [1.807, 2.05) is 0 Å². The third-order valence-corrected chi connectivity index (χ3v) is 9.01. The molecule has 126 valence electrons. The predicted octanol–water partition coefficient (Wildman–Crippen LogP) is 4.88. The van der Waals surface area contributed by atoms with Gasteiger partial charge >= 0.3 is 30.0 Å². The second kappa shape index (κ2) is 10.0. The molecule has 2 rings (SSSR count). The Bertz CT molecular complexity index is 542. The van der Waals surface area contributed by atoms with Gasteiger partial charge in [-0.15, -0.1) is 5.92 Å². The van der Waals surface area contributed by atoms with E-state index in [0.29, 0.717) is 6.61 Å². The molecule has 0 radical (unpaired) electrons. The van der Waals surface area contributed by atoms with Gasteiger partial charge in [0.25, 0.3) is 8.32 Å². The fourth-order valence-corrected chi connectivity index (χ4v) is 7.72. The van der Waals surface area contributed by atoms with Crippen LogP contribution in [0.3, 0.4) is 0 Å². The van der Waals surface area contributed by atoms with Crippen LogP contribution in [0.5, 0.6) is 0 Å². The standard InChI is InChI=1S/C20H27OSi.BrH.Zn/c1-17(2)16-21-22(20(3,4)5,18-12-8-6-9-13-18)19-14-10-7-11-15-19;;/h6-15,17H,1,16H2,2-5H3;1H;/q-1;;+2/p-1/t17-;;/m0../s1. The molecule has 24 heavy (non-hydrogen) atoms. The summed E-state index contributed by atoms with van der Waals surface area (Å²) in [6.07, 6.45) is 0. The average molecular weight is 457 g/mol. The van der Waals surface area contributed by atoms with Crippen LogP contribution in [0, 0.1) is 12.8 Å². The van der Waals surface area contributed by atoms with E-state index < -0.39 is 8.32 Å². The van der Waals surface area contributed by atoms with Crippen molar-refractivity contribution in [3.8, 4) is 0 Å². The van der Waals surface area contributed by atoms with Gasteiger partial charge in [0.1, 0.15) is 0 Å². The first kappa shape index (κ1) is 21.8. The molecule has 2 aromatic carbocycles. The summed E-state index contributed by atoms with van der Waals surface area (Å²) < 4.78 is 6.70. The van der Waals surface area contributed by atoms with E-state index in [-0.39, 0.29) is 11.0 Å². The van der Waals surface area contributed by atoms with E-state index in [1.54, 1.807) is 0 Å². The van der Waals surface area contributed by atoms with Crippen LogP contribution >= 0.6 is 13.6 Å². The Morgan fingerprint density at radius 1 is 0.958 bits per heavy atom. The maximum absolute atomic E-state index is 6.70. The molecule has 1 atom stereocenters. The molecule has 0 unspecified atom stereocenters. The van der Waals surface area contributed by atoms with Crippen LogP contribution < -0.4 is 10.4 Å². The van der Waals surface area contributed by atoms with Crippen molar-refractivity contribution in [2.45, 2.75) is 32.7 Å². The van der Waals surface area contributed by atoms with Crippen molar-refractivity contribution >= 4 is 32.3 Å². The monoisotopic (exact) mass is 454 g/mol. The number of rotatable bonds is 5. The van der Waals surface area contributed by atoms with Crippen LogP contribution in [0.1, 0.15) is 27.7 Å². The quantitative estimate of drug-likeness (QED) is 0.460. The van der Waals surface area contributed by atoms with Gasteiger partial charge in [-0.25, -0.2) is 0 Å². The summed E-state index contributed by atoms with van der Waals surface area (Å²) in [5, 5.41) is 2.70. The minimum absolute atomic E-state index is 0.0462. The Kier molecular flexibility index (Phi) is 9.08. The molecule has 1 nitrogen and oxygen atoms in total. The Morgan fingerprint density at radius 2 is 1.33 bits per heavy atom. The number of hydrogen-bond acceptors (Lipinski definition) is 1. The van der Waals surface area contributed by atoms with E-state index >= 15 is 0 Å². The fraction of sp³-hybridized carbons (Fsp3) is 0.350. The molecule has 0 saturated heterocycles. The first-order chi connectivity index (χ1) is 11.4. The van der Waals surface area contributed by atoms with Crippen molar-refractivity contribution in [1.29, 1.82) is 0 Å². The van der Waals surface area contributed by atoms with Gasteiger partial charge in [-0.05, 0) is 15.4 Å². The molecule has 0 aliphatic carbocycles. The average Bonchev–Trinajstić information content (AvgIpc) is 2.58. The molecule has 0 aliphatic heterocycles. The Balaban J connectivity index is 0.00000139. The molecule has 0 spiro atoms. The van der Waals surface area contributed by atoms with Crippen molar-refractivity contribution in [2.24, 2.45) is 5.92 Å². The molecule has 0 aliphatic rings. The van der Waals surface area contributed by atoms with Gasteiger partial charge in [-0.1, -0.05) is 88.4 Å². The van der Waals surface area contributed by atoms with Crippen LogP contribution in [0.4, 0.5) is 0 Å². The van der Waals surface area contributed by atoms with Gasteiger partial charge < -0.3 is 11.3 Å². The van der Waals surface area contributed by atoms with E-state index in [2.05, 4.69) is 109 Å². The predicted molar refractivity (Wildman–Crippen MR) is 107 cm³/mol. The molecule has 0 aromatic heterocycles. The summed E-state index contributed by atoms with van der Waals surface area (Å²) in [7, 11) is -2.35. The van der Waals surface area contributed by atoms with Crippen LogP contribution in [0.15, 0.2) is 60.7 Å². The van der Waals surface area contributed by atoms with Gasteiger partial charge in [0.2, 0.25) is 0 Å². The summed E-state index contributed by atoms with van der Waals surface area (Å²) in [4.78, 5) is 0. The molecular weight excluding hydrogens is 430 g/mol. The van der Waals surface area contributed by atoms with Crippen molar-refractivity contribution in [3.05, 3.63) is 67.6 Å². The zero-order chi connectivity index (χ0) is 18.2. The molecule has 0 bridgehead atoms. The van der Waals surface area contributed by atoms with Crippen LogP contribution in [0.25, 0.3) is 0 Å².